The maximum atomic E-state index is 13.2. The lowest BCUT2D eigenvalue weighted by Gasteiger charge is -2.33. The van der Waals surface area contributed by atoms with E-state index in [9.17, 15) is 16.8 Å². The number of methoxy groups -OCH3 is 2. The van der Waals surface area contributed by atoms with E-state index in [1.807, 2.05) is 0 Å². The molecule has 2 aromatic rings. The summed E-state index contributed by atoms with van der Waals surface area (Å²) in [7, 11) is -4.77. The highest BCUT2D eigenvalue weighted by Gasteiger charge is 2.35. The third-order valence-electron chi connectivity index (χ3n) is 5.48. The SMILES string of the molecule is COc1ccc(OC)c(S(=O)(=O)N2CCN(S(=O)(=O)c3ccc4c(c3)CCO4)CC2)c1. The normalized spacial score (nSPS) is 17.7. The molecule has 31 heavy (non-hydrogen) atoms. The van der Waals surface area contributed by atoms with Crippen molar-refractivity contribution in [1.82, 2.24) is 8.61 Å². The number of ether oxygens (including phenoxy) is 3. The van der Waals surface area contributed by atoms with Crippen LogP contribution in [0.1, 0.15) is 5.56 Å². The summed E-state index contributed by atoms with van der Waals surface area (Å²) >= 11 is 0. The van der Waals surface area contributed by atoms with Crippen LogP contribution in [0.5, 0.6) is 17.2 Å². The van der Waals surface area contributed by atoms with Crippen LogP contribution in [0.25, 0.3) is 0 Å². The van der Waals surface area contributed by atoms with Gasteiger partial charge < -0.3 is 14.2 Å². The Morgan fingerprint density at radius 1 is 0.839 bits per heavy atom. The number of piperazine rings is 1. The first-order valence-electron chi connectivity index (χ1n) is 9.75. The van der Waals surface area contributed by atoms with Gasteiger partial charge in [0, 0.05) is 38.7 Å². The van der Waals surface area contributed by atoms with Gasteiger partial charge in [-0.05, 0) is 35.9 Å². The molecule has 11 heteroatoms. The van der Waals surface area contributed by atoms with E-state index in [2.05, 4.69) is 0 Å². The summed E-state index contributed by atoms with van der Waals surface area (Å²) in [6.07, 6.45) is 0.674. The Balaban J connectivity index is 1.53. The average Bonchev–Trinajstić information content (AvgIpc) is 3.26. The number of nitrogens with zero attached hydrogens (tertiary/aromatic N) is 2. The highest BCUT2D eigenvalue weighted by molar-refractivity contribution is 7.89. The van der Waals surface area contributed by atoms with E-state index in [4.69, 9.17) is 14.2 Å². The summed E-state index contributed by atoms with van der Waals surface area (Å²) in [6.45, 7) is 0.734. The van der Waals surface area contributed by atoms with Gasteiger partial charge in [-0.1, -0.05) is 0 Å². The van der Waals surface area contributed by atoms with E-state index in [-0.39, 0.29) is 41.7 Å². The lowest BCUT2D eigenvalue weighted by atomic mass is 10.2. The Labute approximate surface area is 182 Å². The number of hydrogen-bond donors (Lipinski definition) is 0. The molecule has 2 aliphatic rings. The summed E-state index contributed by atoms with van der Waals surface area (Å²) in [5, 5.41) is 0. The molecule has 0 saturated carbocycles. The van der Waals surface area contributed by atoms with E-state index >= 15 is 0 Å². The first-order valence-corrected chi connectivity index (χ1v) is 12.6. The van der Waals surface area contributed by atoms with Crippen LogP contribution in [0.3, 0.4) is 0 Å². The lowest BCUT2D eigenvalue weighted by Crippen LogP contribution is -2.50. The van der Waals surface area contributed by atoms with Crippen LogP contribution in [-0.2, 0) is 26.5 Å². The van der Waals surface area contributed by atoms with Crippen LogP contribution in [0.15, 0.2) is 46.2 Å². The maximum Gasteiger partial charge on any atom is 0.246 e. The number of rotatable bonds is 6. The van der Waals surface area contributed by atoms with E-state index < -0.39 is 20.0 Å². The second-order valence-electron chi connectivity index (χ2n) is 7.19. The van der Waals surface area contributed by atoms with Crippen LogP contribution in [0.4, 0.5) is 0 Å². The van der Waals surface area contributed by atoms with Crippen LogP contribution in [0.2, 0.25) is 0 Å². The smallest absolute Gasteiger partial charge is 0.246 e. The molecule has 168 valence electrons. The van der Waals surface area contributed by atoms with Crippen molar-refractivity contribution in [2.75, 3.05) is 47.0 Å². The fraction of sp³-hybridized carbons (Fsp3) is 0.400. The van der Waals surface area contributed by atoms with Crippen LogP contribution >= 0.6 is 0 Å². The van der Waals surface area contributed by atoms with Gasteiger partial charge in [0.05, 0.1) is 25.7 Å². The molecular formula is C20H24N2O7S2. The monoisotopic (exact) mass is 468 g/mol. The van der Waals surface area contributed by atoms with Gasteiger partial charge in [0.25, 0.3) is 0 Å². The highest BCUT2D eigenvalue weighted by Crippen LogP contribution is 2.32. The molecule has 2 aliphatic heterocycles. The third kappa shape index (κ3) is 3.98. The molecule has 0 unspecified atom stereocenters. The molecule has 1 fully saturated rings. The fourth-order valence-electron chi connectivity index (χ4n) is 3.75. The fourth-order valence-corrected chi connectivity index (χ4v) is 6.81. The first-order chi connectivity index (χ1) is 14.8. The standard InChI is InChI=1S/C20H24N2O7S2/c1-27-16-3-5-19(28-2)20(14-16)31(25,26)22-10-8-21(9-11-22)30(23,24)17-4-6-18-15(13-17)7-12-29-18/h3-6,13-14H,7-12H2,1-2H3. The molecule has 0 radical (unpaired) electrons. The van der Waals surface area contributed by atoms with Gasteiger partial charge in [0.2, 0.25) is 20.0 Å². The van der Waals surface area contributed by atoms with Crippen molar-refractivity contribution in [3.63, 3.8) is 0 Å². The highest BCUT2D eigenvalue weighted by atomic mass is 32.2. The molecule has 0 bridgehead atoms. The van der Waals surface area contributed by atoms with Gasteiger partial charge in [-0.15, -0.1) is 0 Å². The van der Waals surface area contributed by atoms with Crippen molar-refractivity contribution in [2.24, 2.45) is 0 Å². The van der Waals surface area contributed by atoms with Gasteiger partial charge in [-0.3, -0.25) is 0 Å². The Kier molecular flexibility index (Phi) is 5.86. The zero-order valence-electron chi connectivity index (χ0n) is 17.3. The molecular weight excluding hydrogens is 444 g/mol. The molecule has 4 rings (SSSR count). The Bertz CT molecular complexity index is 1190. The summed E-state index contributed by atoms with van der Waals surface area (Å²) < 4.78 is 70.9. The number of benzene rings is 2. The van der Waals surface area contributed by atoms with Gasteiger partial charge in [0.1, 0.15) is 22.1 Å². The predicted octanol–water partition coefficient (Wildman–Crippen LogP) is 1.33. The van der Waals surface area contributed by atoms with Crippen LogP contribution in [-0.4, -0.2) is 72.5 Å². The summed E-state index contributed by atoms with van der Waals surface area (Å²) in [5.74, 6) is 1.31. The Morgan fingerprint density at radius 3 is 2.16 bits per heavy atom. The minimum Gasteiger partial charge on any atom is -0.497 e. The molecule has 0 spiro atoms. The number of fused-ring (bicyclic) bond motifs is 1. The predicted molar refractivity (Wildman–Crippen MR) is 113 cm³/mol. The summed E-state index contributed by atoms with van der Waals surface area (Å²) in [5.41, 5.74) is 0.868. The Hall–Kier alpha value is -2.34. The van der Waals surface area contributed by atoms with Crippen molar-refractivity contribution in [1.29, 1.82) is 0 Å². The van der Waals surface area contributed by atoms with Crippen molar-refractivity contribution < 1.29 is 31.0 Å². The lowest BCUT2D eigenvalue weighted by molar-refractivity contribution is 0.272. The molecule has 1 saturated heterocycles. The zero-order chi connectivity index (χ0) is 22.2. The van der Waals surface area contributed by atoms with E-state index in [1.54, 1.807) is 18.2 Å². The van der Waals surface area contributed by atoms with E-state index in [0.717, 1.165) is 5.56 Å². The summed E-state index contributed by atoms with van der Waals surface area (Å²) in [6, 6.07) is 9.40. The van der Waals surface area contributed by atoms with Crippen molar-refractivity contribution in [3.8, 4) is 17.2 Å². The second-order valence-corrected chi connectivity index (χ2v) is 11.0. The van der Waals surface area contributed by atoms with Crippen LogP contribution < -0.4 is 14.2 Å². The van der Waals surface area contributed by atoms with Crippen molar-refractivity contribution >= 4 is 20.0 Å². The second kappa shape index (κ2) is 8.30. The third-order valence-corrected chi connectivity index (χ3v) is 9.30. The van der Waals surface area contributed by atoms with Gasteiger partial charge >= 0.3 is 0 Å². The molecule has 2 aromatic carbocycles. The largest absolute Gasteiger partial charge is 0.497 e. The maximum absolute atomic E-state index is 13.2. The molecule has 0 aliphatic carbocycles. The molecule has 0 amide bonds. The molecule has 0 atom stereocenters. The summed E-state index contributed by atoms with van der Waals surface area (Å²) in [4.78, 5) is 0.187. The average molecular weight is 469 g/mol. The van der Waals surface area contributed by atoms with E-state index in [0.29, 0.717) is 24.5 Å². The van der Waals surface area contributed by atoms with Crippen molar-refractivity contribution in [3.05, 3.63) is 42.0 Å². The van der Waals surface area contributed by atoms with Gasteiger partial charge in [0.15, 0.2) is 0 Å². The van der Waals surface area contributed by atoms with E-state index in [1.165, 1.54) is 41.0 Å². The molecule has 0 aromatic heterocycles. The molecule has 2 heterocycles. The minimum atomic E-state index is -3.89. The van der Waals surface area contributed by atoms with Gasteiger partial charge in [-0.2, -0.15) is 8.61 Å². The quantitative estimate of drug-likeness (QED) is 0.630. The molecule has 9 nitrogen and oxygen atoms in total. The first kappa shape index (κ1) is 21.9. The number of hydrogen-bond acceptors (Lipinski definition) is 7. The number of sulfonamides is 2. The van der Waals surface area contributed by atoms with Crippen LogP contribution in [0, 0.1) is 0 Å². The molecule has 0 N–H and O–H groups in total. The Morgan fingerprint density at radius 2 is 1.52 bits per heavy atom. The van der Waals surface area contributed by atoms with Gasteiger partial charge in [-0.25, -0.2) is 16.8 Å². The topological polar surface area (TPSA) is 102 Å². The minimum absolute atomic E-state index is 0.00993. The van der Waals surface area contributed by atoms with Crippen molar-refractivity contribution in [2.45, 2.75) is 16.2 Å². The zero-order valence-corrected chi connectivity index (χ0v) is 18.9.